The highest BCUT2D eigenvalue weighted by atomic mass is 16.5. The van der Waals surface area contributed by atoms with E-state index in [0.717, 1.165) is 11.8 Å². The first-order chi connectivity index (χ1) is 15.6. The van der Waals surface area contributed by atoms with Crippen LogP contribution in [0.5, 0.6) is 5.75 Å². The van der Waals surface area contributed by atoms with Gasteiger partial charge in [0.25, 0.3) is 11.5 Å². The summed E-state index contributed by atoms with van der Waals surface area (Å²) in [6.07, 6.45) is 1.45. The summed E-state index contributed by atoms with van der Waals surface area (Å²) in [5, 5.41) is 10.8. The summed E-state index contributed by atoms with van der Waals surface area (Å²) in [6.45, 7) is 0.447. The van der Waals surface area contributed by atoms with Gasteiger partial charge in [-0.3, -0.25) is 14.2 Å². The van der Waals surface area contributed by atoms with Gasteiger partial charge < -0.3 is 19.2 Å². The molecule has 2 aromatic carbocycles. The number of fused-ring (bicyclic) bond motifs is 2. The van der Waals surface area contributed by atoms with Crippen LogP contribution in [-0.2, 0) is 6.54 Å². The first-order valence-corrected chi connectivity index (χ1v) is 10.6. The Morgan fingerprint density at radius 2 is 2.09 bits per heavy atom. The van der Waals surface area contributed by atoms with Crippen molar-refractivity contribution >= 4 is 27.8 Å². The van der Waals surface area contributed by atoms with Crippen molar-refractivity contribution in [2.75, 3.05) is 20.3 Å². The molecule has 1 atom stereocenters. The normalized spacial score (nSPS) is 16.2. The number of methoxy groups -OCH3 is 1. The monoisotopic (exact) mass is 433 g/mol. The zero-order valence-electron chi connectivity index (χ0n) is 17.7. The van der Waals surface area contributed by atoms with E-state index in [-0.39, 0.29) is 36.4 Å². The number of aliphatic hydroxyl groups is 1. The average Bonchev–Trinajstić information content (AvgIpc) is 3.47. The Morgan fingerprint density at radius 3 is 2.91 bits per heavy atom. The molecule has 0 spiro atoms. The number of carbonyl (C=O) groups is 1. The molecule has 1 fully saturated rings. The summed E-state index contributed by atoms with van der Waals surface area (Å²) in [6, 6.07) is 13.9. The number of carbonyl (C=O) groups excluding carboxylic acids is 1. The van der Waals surface area contributed by atoms with Crippen LogP contribution in [0.25, 0.3) is 21.9 Å². The molecule has 32 heavy (non-hydrogen) atoms. The van der Waals surface area contributed by atoms with Gasteiger partial charge in [-0.15, -0.1) is 0 Å². The number of furan rings is 1. The van der Waals surface area contributed by atoms with E-state index >= 15 is 0 Å². The molecule has 1 amide bonds. The van der Waals surface area contributed by atoms with Crippen LogP contribution in [0.4, 0.5) is 0 Å². The summed E-state index contributed by atoms with van der Waals surface area (Å²) in [7, 11) is 1.56. The zero-order chi connectivity index (χ0) is 22.2. The largest absolute Gasteiger partial charge is 0.493 e. The molecule has 8 heteroatoms. The van der Waals surface area contributed by atoms with E-state index in [1.54, 1.807) is 42.3 Å². The fourth-order valence-electron chi connectivity index (χ4n) is 4.48. The molecular weight excluding hydrogens is 410 g/mol. The van der Waals surface area contributed by atoms with Crippen molar-refractivity contribution in [3.63, 3.8) is 0 Å². The molecule has 3 heterocycles. The maximum atomic E-state index is 13.4. The molecule has 0 aliphatic carbocycles. The van der Waals surface area contributed by atoms with Crippen molar-refractivity contribution in [3.05, 3.63) is 70.5 Å². The molecule has 1 N–H and O–H groups in total. The Hall–Kier alpha value is -3.65. The number of likely N-dealkylation sites (tertiary alicyclic amines) is 1. The molecular formula is C24H23N3O5. The number of aliphatic hydroxyl groups excluding tert-OH is 1. The molecule has 8 nitrogen and oxygen atoms in total. The van der Waals surface area contributed by atoms with Crippen LogP contribution in [-0.4, -0.2) is 45.7 Å². The molecule has 0 radical (unpaired) electrons. The van der Waals surface area contributed by atoms with Gasteiger partial charge in [0.15, 0.2) is 17.1 Å². The van der Waals surface area contributed by atoms with Crippen molar-refractivity contribution in [3.8, 4) is 5.75 Å². The van der Waals surface area contributed by atoms with Crippen molar-refractivity contribution in [1.29, 1.82) is 0 Å². The standard InChI is InChI=1S/C24H23N3O5/c1-31-19-10-4-6-15-14-20(32-21(15)19)24(30)26-11-5-9-18(26)22-25-17-8-3-2-7-16(17)23(29)27(22)12-13-28/h2-4,6-8,10,14,18,28H,5,9,11-13H2,1H3. The summed E-state index contributed by atoms with van der Waals surface area (Å²) in [5.74, 6) is 1.01. The predicted molar refractivity (Wildman–Crippen MR) is 119 cm³/mol. The van der Waals surface area contributed by atoms with Crippen LogP contribution in [0.15, 0.2) is 57.7 Å². The molecule has 2 aromatic heterocycles. The lowest BCUT2D eigenvalue weighted by Crippen LogP contribution is -2.36. The quantitative estimate of drug-likeness (QED) is 0.519. The van der Waals surface area contributed by atoms with Crippen molar-refractivity contribution in [2.45, 2.75) is 25.4 Å². The maximum absolute atomic E-state index is 13.4. The van der Waals surface area contributed by atoms with Crippen LogP contribution >= 0.6 is 0 Å². The second kappa shape index (κ2) is 8.12. The third kappa shape index (κ3) is 3.23. The Morgan fingerprint density at radius 1 is 1.25 bits per heavy atom. The smallest absolute Gasteiger partial charge is 0.290 e. The van der Waals surface area contributed by atoms with Gasteiger partial charge in [-0.1, -0.05) is 24.3 Å². The molecule has 5 rings (SSSR count). The van der Waals surface area contributed by atoms with E-state index in [2.05, 4.69) is 0 Å². The maximum Gasteiger partial charge on any atom is 0.290 e. The Labute approximate surface area is 183 Å². The lowest BCUT2D eigenvalue weighted by atomic mass is 10.1. The highest BCUT2D eigenvalue weighted by Crippen LogP contribution is 2.35. The highest BCUT2D eigenvalue weighted by molar-refractivity contribution is 5.97. The Balaban J connectivity index is 1.58. The van der Waals surface area contributed by atoms with Crippen LogP contribution < -0.4 is 10.3 Å². The van der Waals surface area contributed by atoms with Gasteiger partial charge >= 0.3 is 0 Å². The number of ether oxygens (including phenoxy) is 1. The van der Waals surface area contributed by atoms with Crippen molar-refractivity contribution < 1.29 is 19.1 Å². The minimum Gasteiger partial charge on any atom is -0.493 e. The number of nitrogens with zero attached hydrogens (tertiary/aromatic N) is 3. The highest BCUT2D eigenvalue weighted by Gasteiger charge is 2.35. The second-order valence-corrected chi connectivity index (χ2v) is 7.81. The first kappa shape index (κ1) is 20.3. The fourth-order valence-corrected chi connectivity index (χ4v) is 4.48. The summed E-state index contributed by atoms with van der Waals surface area (Å²) in [5.41, 5.74) is 0.886. The van der Waals surface area contributed by atoms with Crippen LogP contribution in [0.3, 0.4) is 0 Å². The van der Waals surface area contributed by atoms with Crippen LogP contribution in [0.1, 0.15) is 35.3 Å². The lowest BCUT2D eigenvalue weighted by Gasteiger charge is -2.26. The number of para-hydroxylation sites is 2. The molecule has 4 aromatic rings. The van der Waals surface area contributed by atoms with Gasteiger partial charge in [-0.2, -0.15) is 0 Å². The van der Waals surface area contributed by atoms with Gasteiger partial charge in [-0.25, -0.2) is 4.98 Å². The van der Waals surface area contributed by atoms with E-state index in [1.807, 2.05) is 18.2 Å². The van der Waals surface area contributed by atoms with Crippen molar-refractivity contribution in [2.24, 2.45) is 0 Å². The van der Waals surface area contributed by atoms with Gasteiger partial charge in [0.05, 0.1) is 37.2 Å². The first-order valence-electron chi connectivity index (χ1n) is 10.6. The minimum atomic E-state index is -0.388. The molecule has 1 aliphatic rings. The molecule has 1 unspecified atom stereocenters. The van der Waals surface area contributed by atoms with E-state index < -0.39 is 0 Å². The summed E-state index contributed by atoms with van der Waals surface area (Å²) in [4.78, 5) is 33.0. The topological polar surface area (TPSA) is 97.8 Å². The third-order valence-electron chi connectivity index (χ3n) is 5.97. The van der Waals surface area contributed by atoms with Gasteiger partial charge in [0.2, 0.25) is 0 Å². The minimum absolute atomic E-state index is 0.117. The van der Waals surface area contributed by atoms with E-state index in [4.69, 9.17) is 14.1 Å². The molecule has 0 bridgehead atoms. The van der Waals surface area contributed by atoms with E-state index in [0.29, 0.717) is 41.0 Å². The number of amides is 1. The lowest BCUT2D eigenvalue weighted by molar-refractivity contribution is 0.0695. The number of rotatable bonds is 5. The number of aromatic nitrogens is 2. The van der Waals surface area contributed by atoms with E-state index in [1.165, 1.54) is 4.57 Å². The molecule has 1 saturated heterocycles. The zero-order valence-corrected chi connectivity index (χ0v) is 17.7. The third-order valence-corrected chi connectivity index (χ3v) is 5.97. The number of hydrogen-bond donors (Lipinski definition) is 1. The SMILES string of the molecule is COc1cccc2cc(C(=O)N3CCCC3c3nc4ccccc4c(=O)n3CCO)oc12. The van der Waals surface area contributed by atoms with Crippen LogP contribution in [0, 0.1) is 0 Å². The predicted octanol–water partition coefficient (Wildman–Crippen LogP) is 3.12. The number of benzene rings is 2. The molecule has 1 aliphatic heterocycles. The fraction of sp³-hybridized carbons (Fsp3) is 0.292. The van der Waals surface area contributed by atoms with Gasteiger partial charge in [0.1, 0.15) is 5.82 Å². The number of hydrogen-bond acceptors (Lipinski definition) is 6. The summed E-state index contributed by atoms with van der Waals surface area (Å²) >= 11 is 0. The molecule has 0 saturated carbocycles. The second-order valence-electron chi connectivity index (χ2n) is 7.81. The van der Waals surface area contributed by atoms with Gasteiger partial charge in [-0.05, 0) is 37.1 Å². The van der Waals surface area contributed by atoms with E-state index in [9.17, 15) is 14.7 Å². The molecule has 164 valence electrons. The Kier molecular flexibility index (Phi) is 5.14. The average molecular weight is 433 g/mol. The van der Waals surface area contributed by atoms with Crippen molar-refractivity contribution in [1.82, 2.24) is 14.5 Å². The summed E-state index contributed by atoms with van der Waals surface area (Å²) < 4.78 is 12.7. The van der Waals surface area contributed by atoms with Crippen LogP contribution in [0.2, 0.25) is 0 Å². The van der Waals surface area contributed by atoms with Gasteiger partial charge in [0, 0.05) is 11.9 Å². The Bertz CT molecular complexity index is 1370.